The maximum atomic E-state index is 12.0. The fraction of sp³-hybridized carbons (Fsp3) is 0.0909. The van der Waals surface area contributed by atoms with Gasteiger partial charge >= 0.3 is 6.61 Å². The van der Waals surface area contributed by atoms with Crippen molar-refractivity contribution in [2.75, 3.05) is 0 Å². The van der Waals surface area contributed by atoms with Gasteiger partial charge in [-0.3, -0.25) is 0 Å². The number of hydrogen-bond acceptors (Lipinski definition) is 1. The van der Waals surface area contributed by atoms with E-state index in [1.807, 2.05) is 0 Å². The van der Waals surface area contributed by atoms with Crippen LogP contribution < -0.4 is 4.74 Å². The Bertz CT molecular complexity index is 345. The molecular weight excluding hydrogens is 186 g/mol. The molecule has 0 bridgehead atoms. The van der Waals surface area contributed by atoms with Crippen LogP contribution in [-0.4, -0.2) is 6.61 Å². The Balaban J connectivity index is 3.14. The zero-order chi connectivity index (χ0) is 10.6. The molecule has 0 fully saturated rings. The first-order valence-corrected chi connectivity index (χ1v) is 4.01. The summed E-state index contributed by atoms with van der Waals surface area (Å²) in [5, 5.41) is 0. The van der Waals surface area contributed by atoms with Crippen molar-refractivity contribution < 1.29 is 13.5 Å². The van der Waals surface area contributed by atoms with Crippen LogP contribution in [0, 0.1) is 0 Å². The van der Waals surface area contributed by atoms with Gasteiger partial charge in [-0.25, -0.2) is 0 Å². The van der Waals surface area contributed by atoms with Gasteiger partial charge in [-0.1, -0.05) is 37.4 Å². The highest BCUT2D eigenvalue weighted by atomic mass is 19.3. The van der Waals surface area contributed by atoms with Crippen LogP contribution >= 0.6 is 0 Å². The Labute approximate surface area is 81.3 Å². The van der Waals surface area contributed by atoms with Gasteiger partial charge in [0.2, 0.25) is 0 Å². The molecule has 0 aliphatic rings. The van der Waals surface area contributed by atoms with Crippen LogP contribution in [-0.2, 0) is 0 Å². The topological polar surface area (TPSA) is 9.23 Å². The van der Waals surface area contributed by atoms with E-state index in [4.69, 9.17) is 0 Å². The number of benzene rings is 1. The van der Waals surface area contributed by atoms with E-state index in [1.54, 1.807) is 18.2 Å². The van der Waals surface area contributed by atoms with Crippen LogP contribution in [0.3, 0.4) is 0 Å². The van der Waals surface area contributed by atoms with Crippen molar-refractivity contribution >= 4 is 12.2 Å². The zero-order valence-electron chi connectivity index (χ0n) is 7.54. The molecule has 0 aliphatic carbocycles. The van der Waals surface area contributed by atoms with E-state index in [0.29, 0.717) is 5.56 Å². The summed E-state index contributed by atoms with van der Waals surface area (Å²) in [4.78, 5) is 0. The van der Waals surface area contributed by atoms with Gasteiger partial charge < -0.3 is 4.74 Å². The van der Waals surface area contributed by atoms with Crippen molar-refractivity contribution in [2.24, 2.45) is 0 Å². The Morgan fingerprint density at radius 2 is 1.93 bits per heavy atom. The highest BCUT2D eigenvalue weighted by molar-refractivity contribution is 5.68. The molecule has 1 nitrogen and oxygen atoms in total. The largest absolute Gasteiger partial charge is 0.434 e. The third-order valence-electron chi connectivity index (χ3n) is 1.74. The lowest BCUT2D eigenvalue weighted by atomic mass is 10.1. The second kappa shape index (κ2) is 4.56. The van der Waals surface area contributed by atoms with Crippen molar-refractivity contribution in [3.63, 3.8) is 0 Å². The summed E-state index contributed by atoms with van der Waals surface area (Å²) in [5.41, 5.74) is 1.25. The Hall–Kier alpha value is -1.64. The van der Waals surface area contributed by atoms with Crippen molar-refractivity contribution in [3.8, 4) is 5.75 Å². The van der Waals surface area contributed by atoms with Crippen molar-refractivity contribution in [1.82, 2.24) is 0 Å². The highest BCUT2D eigenvalue weighted by Gasteiger charge is 2.09. The highest BCUT2D eigenvalue weighted by Crippen LogP contribution is 2.25. The zero-order valence-corrected chi connectivity index (χ0v) is 7.54. The summed E-state index contributed by atoms with van der Waals surface area (Å²) in [6.07, 6.45) is 3.03. The van der Waals surface area contributed by atoms with E-state index >= 15 is 0 Å². The third-order valence-corrected chi connectivity index (χ3v) is 1.74. The first-order valence-electron chi connectivity index (χ1n) is 4.01. The molecule has 0 aromatic heterocycles. The smallest absolute Gasteiger partial charge is 0.387 e. The van der Waals surface area contributed by atoms with E-state index in [0.717, 1.165) is 5.56 Å². The third kappa shape index (κ3) is 2.19. The quantitative estimate of drug-likeness (QED) is 0.715. The SMILES string of the molecule is C=Cc1cccc(OC(F)F)c1C=C. The standard InChI is InChI=1S/C11H10F2O/c1-3-8-6-5-7-10(9(8)4-2)14-11(12)13/h3-7,11H,1-2H2. The van der Waals surface area contributed by atoms with E-state index in [-0.39, 0.29) is 5.75 Å². The van der Waals surface area contributed by atoms with Crippen LogP contribution in [0.1, 0.15) is 11.1 Å². The molecule has 1 aromatic rings. The molecule has 0 amide bonds. The second-order valence-electron chi connectivity index (χ2n) is 2.55. The van der Waals surface area contributed by atoms with Crippen molar-refractivity contribution in [2.45, 2.75) is 6.61 Å². The van der Waals surface area contributed by atoms with Crippen molar-refractivity contribution in [1.29, 1.82) is 0 Å². The molecule has 0 N–H and O–H groups in total. The molecule has 14 heavy (non-hydrogen) atoms. The molecule has 0 atom stereocenters. The lowest BCUT2D eigenvalue weighted by Crippen LogP contribution is -2.03. The van der Waals surface area contributed by atoms with Crippen LogP contribution in [0.5, 0.6) is 5.75 Å². The molecule has 0 heterocycles. The summed E-state index contributed by atoms with van der Waals surface area (Å²) in [5.74, 6) is 0.118. The lowest BCUT2D eigenvalue weighted by Gasteiger charge is -2.09. The molecule has 3 heteroatoms. The fourth-order valence-corrected chi connectivity index (χ4v) is 1.16. The summed E-state index contributed by atoms with van der Waals surface area (Å²) >= 11 is 0. The predicted octanol–water partition coefficient (Wildman–Crippen LogP) is 3.57. The number of ether oxygens (including phenoxy) is 1. The van der Waals surface area contributed by atoms with Gasteiger partial charge in [-0.05, 0) is 11.6 Å². The molecule has 1 rings (SSSR count). The van der Waals surface area contributed by atoms with Crippen LogP contribution in [0.15, 0.2) is 31.4 Å². The number of alkyl halides is 2. The van der Waals surface area contributed by atoms with E-state index < -0.39 is 6.61 Å². The van der Waals surface area contributed by atoms with Gasteiger partial charge in [0.05, 0.1) is 0 Å². The Kier molecular flexibility index (Phi) is 3.40. The van der Waals surface area contributed by atoms with Gasteiger partial charge in [-0.15, -0.1) is 0 Å². The lowest BCUT2D eigenvalue weighted by molar-refractivity contribution is -0.0499. The van der Waals surface area contributed by atoms with E-state index in [9.17, 15) is 8.78 Å². The monoisotopic (exact) mass is 196 g/mol. The molecule has 0 saturated heterocycles. The predicted molar refractivity (Wildman–Crippen MR) is 53.3 cm³/mol. The summed E-state index contributed by atoms with van der Waals surface area (Å²) < 4.78 is 28.3. The fourth-order valence-electron chi connectivity index (χ4n) is 1.16. The van der Waals surface area contributed by atoms with E-state index in [1.165, 1.54) is 12.1 Å². The van der Waals surface area contributed by atoms with Gasteiger partial charge in [0.1, 0.15) is 5.75 Å². The Morgan fingerprint density at radius 3 is 2.43 bits per heavy atom. The molecule has 0 saturated carbocycles. The molecule has 0 radical (unpaired) electrons. The molecular formula is C11H10F2O. The minimum absolute atomic E-state index is 0.118. The average Bonchev–Trinajstić information content (AvgIpc) is 2.16. The summed E-state index contributed by atoms with van der Waals surface area (Å²) in [6, 6.07) is 4.85. The minimum atomic E-state index is -2.83. The van der Waals surface area contributed by atoms with Crippen LogP contribution in [0.4, 0.5) is 8.78 Å². The number of halogens is 2. The molecule has 0 aliphatic heterocycles. The first-order chi connectivity index (χ1) is 6.69. The van der Waals surface area contributed by atoms with E-state index in [2.05, 4.69) is 17.9 Å². The maximum Gasteiger partial charge on any atom is 0.387 e. The van der Waals surface area contributed by atoms with Crippen LogP contribution in [0.25, 0.3) is 12.2 Å². The minimum Gasteiger partial charge on any atom is -0.434 e. The molecule has 0 spiro atoms. The summed E-state index contributed by atoms with van der Waals surface area (Å²) in [7, 11) is 0. The van der Waals surface area contributed by atoms with Gasteiger partial charge in [-0.2, -0.15) is 8.78 Å². The summed E-state index contributed by atoms with van der Waals surface area (Å²) in [6.45, 7) is 4.28. The Morgan fingerprint density at radius 1 is 1.21 bits per heavy atom. The van der Waals surface area contributed by atoms with Crippen molar-refractivity contribution in [3.05, 3.63) is 42.5 Å². The first kappa shape index (κ1) is 10.4. The molecule has 0 unspecified atom stereocenters. The number of rotatable bonds is 4. The van der Waals surface area contributed by atoms with Crippen LogP contribution in [0.2, 0.25) is 0 Å². The van der Waals surface area contributed by atoms with Gasteiger partial charge in [0.25, 0.3) is 0 Å². The average molecular weight is 196 g/mol. The van der Waals surface area contributed by atoms with Gasteiger partial charge in [0.15, 0.2) is 0 Å². The number of hydrogen-bond donors (Lipinski definition) is 0. The van der Waals surface area contributed by atoms with Gasteiger partial charge in [0, 0.05) is 5.56 Å². The maximum absolute atomic E-state index is 12.0. The molecule has 74 valence electrons. The normalized spacial score (nSPS) is 9.93. The molecule has 1 aromatic carbocycles. The second-order valence-corrected chi connectivity index (χ2v) is 2.55.